The lowest BCUT2D eigenvalue weighted by molar-refractivity contribution is -0.116. The van der Waals surface area contributed by atoms with Crippen LogP contribution in [0.3, 0.4) is 0 Å². The Kier molecular flexibility index (Phi) is 6.72. The van der Waals surface area contributed by atoms with Gasteiger partial charge in [0.05, 0.1) is 6.54 Å². The number of hydrogen-bond acceptors (Lipinski definition) is 2. The molecule has 0 spiro atoms. The number of hydrogen-bond donors (Lipinski definition) is 1. The van der Waals surface area contributed by atoms with Gasteiger partial charge in [-0.3, -0.25) is 4.79 Å². The lowest BCUT2D eigenvalue weighted by Crippen LogP contribution is -2.35. The van der Waals surface area contributed by atoms with Gasteiger partial charge in [-0.25, -0.2) is 4.99 Å². The van der Waals surface area contributed by atoms with Gasteiger partial charge in [0.25, 0.3) is 0 Å². The summed E-state index contributed by atoms with van der Waals surface area (Å²) < 4.78 is 0. The Hall–Kier alpha value is -2.04. The van der Waals surface area contributed by atoms with Gasteiger partial charge in [-0.05, 0) is 24.1 Å². The third-order valence-corrected chi connectivity index (χ3v) is 2.89. The van der Waals surface area contributed by atoms with Gasteiger partial charge in [0, 0.05) is 40.3 Å². The van der Waals surface area contributed by atoms with Gasteiger partial charge < -0.3 is 15.1 Å². The van der Waals surface area contributed by atoms with Crippen LogP contribution in [0.4, 0.5) is 5.69 Å². The zero-order valence-electron chi connectivity index (χ0n) is 13.7. The Labute approximate surface area is 127 Å². The summed E-state index contributed by atoms with van der Waals surface area (Å²) in [4.78, 5) is 20.2. The monoisotopic (exact) mass is 290 g/mol. The van der Waals surface area contributed by atoms with Crippen LogP contribution < -0.4 is 5.32 Å². The van der Waals surface area contributed by atoms with Crippen molar-refractivity contribution in [3.8, 4) is 0 Å². The van der Waals surface area contributed by atoms with E-state index in [1.54, 1.807) is 0 Å². The first-order valence-corrected chi connectivity index (χ1v) is 7.22. The lowest BCUT2D eigenvalue weighted by atomic mass is 10.2. The van der Waals surface area contributed by atoms with E-state index in [1.165, 1.54) is 0 Å². The average molecular weight is 290 g/mol. The summed E-state index contributed by atoms with van der Waals surface area (Å²) in [5.41, 5.74) is 1.91. The fourth-order valence-electron chi connectivity index (χ4n) is 2.04. The molecule has 1 aromatic rings. The fourth-order valence-corrected chi connectivity index (χ4v) is 2.04. The summed E-state index contributed by atoms with van der Waals surface area (Å²) in [7, 11) is 7.89. The highest BCUT2D eigenvalue weighted by Gasteiger charge is 2.05. The van der Waals surface area contributed by atoms with Crippen molar-refractivity contribution in [2.45, 2.75) is 26.3 Å². The molecule has 0 aliphatic carbocycles. The summed E-state index contributed by atoms with van der Waals surface area (Å²) >= 11 is 0. The van der Waals surface area contributed by atoms with Crippen LogP contribution >= 0.6 is 0 Å². The zero-order valence-corrected chi connectivity index (χ0v) is 13.7. The molecule has 0 aromatic heterocycles. The van der Waals surface area contributed by atoms with Crippen LogP contribution in [0.25, 0.3) is 0 Å². The number of aliphatic imine (C=N–C) groups is 1. The maximum Gasteiger partial charge on any atom is 0.224 e. The summed E-state index contributed by atoms with van der Waals surface area (Å²) in [5.74, 6) is 0.968. The van der Waals surface area contributed by atoms with Crippen LogP contribution in [0.5, 0.6) is 0 Å². The van der Waals surface area contributed by atoms with E-state index in [2.05, 4.69) is 10.3 Å². The minimum Gasteiger partial charge on any atom is -0.349 e. The molecule has 5 heteroatoms. The summed E-state index contributed by atoms with van der Waals surface area (Å²) in [6.45, 7) is 2.58. The van der Waals surface area contributed by atoms with Crippen molar-refractivity contribution in [3.05, 3.63) is 29.8 Å². The molecule has 0 unspecified atom stereocenters. The van der Waals surface area contributed by atoms with Crippen molar-refractivity contribution in [1.82, 2.24) is 9.80 Å². The van der Waals surface area contributed by atoms with Crippen LogP contribution in [0.15, 0.2) is 29.3 Å². The molecule has 0 aliphatic heterocycles. The number of benzene rings is 1. The molecule has 1 rings (SSSR count). The number of carbonyl (C=O) groups is 1. The standard InChI is InChI=1S/C16H26N4O/c1-6-8-15(21)18-14-10-7-9-13(11-14)12-17-16(19(2)3)20(4)5/h7,9-11H,6,8,12H2,1-5H3,(H,18,21). The highest BCUT2D eigenvalue weighted by Crippen LogP contribution is 2.12. The predicted octanol–water partition coefficient (Wildman–Crippen LogP) is 2.40. The van der Waals surface area contributed by atoms with Crippen LogP contribution in [0.1, 0.15) is 25.3 Å². The largest absolute Gasteiger partial charge is 0.349 e. The van der Waals surface area contributed by atoms with Crippen LogP contribution in [0, 0.1) is 0 Å². The van der Waals surface area contributed by atoms with Crippen LogP contribution in [0.2, 0.25) is 0 Å². The molecule has 0 bridgehead atoms. The van der Waals surface area contributed by atoms with Gasteiger partial charge in [0.1, 0.15) is 0 Å². The minimum absolute atomic E-state index is 0.0559. The molecule has 1 N–H and O–H groups in total. The van der Waals surface area contributed by atoms with Gasteiger partial charge >= 0.3 is 0 Å². The van der Waals surface area contributed by atoms with Crippen molar-refractivity contribution < 1.29 is 4.79 Å². The Morgan fingerprint density at radius 2 is 1.86 bits per heavy atom. The van der Waals surface area contributed by atoms with Crippen molar-refractivity contribution in [2.75, 3.05) is 33.5 Å². The van der Waals surface area contributed by atoms with Gasteiger partial charge in [-0.2, -0.15) is 0 Å². The lowest BCUT2D eigenvalue weighted by Gasteiger charge is -2.22. The van der Waals surface area contributed by atoms with Gasteiger partial charge in [-0.1, -0.05) is 19.1 Å². The molecule has 5 nitrogen and oxygen atoms in total. The SMILES string of the molecule is CCCC(=O)Nc1cccc(CN=C(N(C)C)N(C)C)c1. The first kappa shape index (κ1) is 17.0. The highest BCUT2D eigenvalue weighted by molar-refractivity contribution is 5.90. The molecule has 0 saturated carbocycles. The van der Waals surface area contributed by atoms with E-state index in [0.717, 1.165) is 23.6 Å². The van der Waals surface area contributed by atoms with Gasteiger partial charge in [-0.15, -0.1) is 0 Å². The van der Waals surface area contributed by atoms with Gasteiger partial charge in [0.15, 0.2) is 5.96 Å². The molecular formula is C16H26N4O. The molecule has 0 heterocycles. The summed E-state index contributed by atoms with van der Waals surface area (Å²) in [5, 5.41) is 2.91. The maximum atomic E-state index is 11.6. The zero-order chi connectivity index (χ0) is 15.8. The molecule has 0 fully saturated rings. The number of amides is 1. The van der Waals surface area contributed by atoms with Gasteiger partial charge in [0.2, 0.25) is 5.91 Å². The van der Waals surface area contributed by atoms with E-state index in [-0.39, 0.29) is 5.91 Å². The van der Waals surface area contributed by atoms with E-state index in [0.29, 0.717) is 13.0 Å². The molecule has 1 amide bonds. The third-order valence-electron chi connectivity index (χ3n) is 2.89. The summed E-state index contributed by atoms with van der Waals surface area (Å²) in [6, 6.07) is 7.83. The topological polar surface area (TPSA) is 47.9 Å². The molecule has 116 valence electrons. The molecule has 0 aliphatic rings. The molecule has 1 aromatic carbocycles. The van der Waals surface area contributed by atoms with Crippen molar-refractivity contribution in [1.29, 1.82) is 0 Å². The Balaban J connectivity index is 2.76. The van der Waals surface area contributed by atoms with Crippen LogP contribution in [-0.4, -0.2) is 49.9 Å². The first-order chi connectivity index (χ1) is 9.93. The quantitative estimate of drug-likeness (QED) is 0.669. The average Bonchev–Trinajstić information content (AvgIpc) is 2.38. The predicted molar refractivity (Wildman–Crippen MR) is 88.5 cm³/mol. The van der Waals surface area contributed by atoms with E-state index >= 15 is 0 Å². The van der Waals surface area contributed by atoms with Crippen LogP contribution in [-0.2, 0) is 11.3 Å². The Bertz CT molecular complexity index is 485. The fraction of sp³-hybridized carbons (Fsp3) is 0.500. The number of rotatable bonds is 5. The number of carbonyl (C=O) groups excluding carboxylic acids is 1. The van der Waals surface area contributed by atoms with E-state index in [1.807, 2.05) is 69.2 Å². The highest BCUT2D eigenvalue weighted by atomic mass is 16.1. The first-order valence-electron chi connectivity index (χ1n) is 7.22. The van der Waals surface area contributed by atoms with E-state index in [4.69, 9.17) is 0 Å². The van der Waals surface area contributed by atoms with Crippen molar-refractivity contribution in [3.63, 3.8) is 0 Å². The summed E-state index contributed by atoms with van der Waals surface area (Å²) in [6.07, 6.45) is 1.40. The second-order valence-corrected chi connectivity index (χ2v) is 5.40. The smallest absolute Gasteiger partial charge is 0.224 e. The molecule has 21 heavy (non-hydrogen) atoms. The van der Waals surface area contributed by atoms with E-state index in [9.17, 15) is 4.79 Å². The van der Waals surface area contributed by atoms with E-state index < -0.39 is 0 Å². The second-order valence-electron chi connectivity index (χ2n) is 5.40. The number of nitrogens with zero attached hydrogens (tertiary/aromatic N) is 3. The van der Waals surface area contributed by atoms with Crippen molar-refractivity contribution >= 4 is 17.6 Å². The maximum absolute atomic E-state index is 11.6. The molecule has 0 atom stereocenters. The Morgan fingerprint density at radius 3 is 2.43 bits per heavy atom. The second kappa shape index (κ2) is 8.29. The minimum atomic E-state index is 0.0559. The normalized spacial score (nSPS) is 9.95. The number of nitrogens with one attached hydrogen (secondary N) is 1. The number of anilines is 1. The Morgan fingerprint density at radius 1 is 1.19 bits per heavy atom. The molecular weight excluding hydrogens is 264 g/mol. The van der Waals surface area contributed by atoms with Crippen molar-refractivity contribution in [2.24, 2.45) is 4.99 Å². The molecule has 0 saturated heterocycles. The third kappa shape index (κ3) is 5.85. The molecule has 0 radical (unpaired) electrons. The number of guanidine groups is 1.